The van der Waals surface area contributed by atoms with Crippen molar-refractivity contribution in [2.75, 3.05) is 0 Å². The molecule has 1 N–H and O–H groups in total. The van der Waals surface area contributed by atoms with Crippen LogP contribution in [0.2, 0.25) is 5.02 Å². The molecule has 4 nitrogen and oxygen atoms in total. The number of benzene rings is 1. The van der Waals surface area contributed by atoms with Crippen LogP contribution < -0.4 is 5.32 Å². The molecule has 0 aliphatic rings. The maximum absolute atomic E-state index is 6.12. The molecule has 0 saturated heterocycles. The minimum absolute atomic E-state index is 0.729. The summed E-state index contributed by atoms with van der Waals surface area (Å²) in [5.74, 6) is 0. The van der Waals surface area contributed by atoms with E-state index in [9.17, 15) is 0 Å². The highest BCUT2D eigenvalue weighted by atomic mass is 35.5. The first-order chi connectivity index (χ1) is 9.72. The predicted molar refractivity (Wildman–Crippen MR) is 79.7 cm³/mol. The molecule has 1 aromatic carbocycles. The Morgan fingerprint density at radius 2 is 2.10 bits per heavy atom. The number of halogens is 1. The van der Waals surface area contributed by atoms with Crippen LogP contribution in [0.25, 0.3) is 5.65 Å². The average molecular weight is 287 g/mol. The molecule has 20 heavy (non-hydrogen) atoms. The zero-order valence-corrected chi connectivity index (χ0v) is 11.9. The third kappa shape index (κ3) is 2.81. The van der Waals surface area contributed by atoms with Crippen LogP contribution in [0, 0.1) is 6.92 Å². The summed E-state index contributed by atoms with van der Waals surface area (Å²) in [5.41, 5.74) is 4.03. The Morgan fingerprint density at radius 1 is 1.25 bits per heavy atom. The molecule has 0 fully saturated rings. The first-order valence-electron chi connectivity index (χ1n) is 6.47. The second-order valence-corrected chi connectivity index (χ2v) is 5.15. The topological polar surface area (TPSA) is 42.2 Å². The van der Waals surface area contributed by atoms with Gasteiger partial charge in [0.1, 0.15) is 0 Å². The molecular formula is C15H15ClN4. The Kier molecular flexibility index (Phi) is 3.67. The number of nitrogens with one attached hydrogen (secondary N) is 1. The van der Waals surface area contributed by atoms with Gasteiger partial charge in [-0.2, -0.15) is 5.10 Å². The Labute approximate surface area is 122 Å². The summed E-state index contributed by atoms with van der Waals surface area (Å²) in [7, 11) is 0. The van der Waals surface area contributed by atoms with E-state index >= 15 is 0 Å². The lowest BCUT2D eigenvalue weighted by Crippen LogP contribution is -2.13. The normalized spacial score (nSPS) is 11.1. The van der Waals surface area contributed by atoms with Crippen molar-refractivity contribution in [1.82, 2.24) is 19.9 Å². The summed E-state index contributed by atoms with van der Waals surface area (Å²) < 4.78 is 1.81. The van der Waals surface area contributed by atoms with Crippen LogP contribution in [-0.4, -0.2) is 14.6 Å². The van der Waals surface area contributed by atoms with Gasteiger partial charge < -0.3 is 5.32 Å². The van der Waals surface area contributed by atoms with E-state index in [-0.39, 0.29) is 0 Å². The molecular weight excluding hydrogens is 272 g/mol. The molecule has 0 saturated carbocycles. The van der Waals surface area contributed by atoms with E-state index < -0.39 is 0 Å². The second-order valence-electron chi connectivity index (χ2n) is 4.75. The molecule has 2 heterocycles. The van der Waals surface area contributed by atoms with Crippen molar-refractivity contribution >= 4 is 17.2 Å². The Bertz CT molecular complexity index is 736. The highest BCUT2D eigenvalue weighted by Crippen LogP contribution is 2.14. The Morgan fingerprint density at radius 3 is 2.95 bits per heavy atom. The van der Waals surface area contributed by atoms with Gasteiger partial charge in [0.2, 0.25) is 0 Å². The molecule has 3 aromatic rings. The minimum Gasteiger partial charge on any atom is -0.308 e. The van der Waals surface area contributed by atoms with Gasteiger partial charge in [-0.1, -0.05) is 29.8 Å². The first kappa shape index (κ1) is 13.1. The van der Waals surface area contributed by atoms with E-state index in [0.717, 1.165) is 40.6 Å². The molecule has 0 radical (unpaired) electrons. The van der Waals surface area contributed by atoms with Gasteiger partial charge in [-0.3, -0.25) is 0 Å². The fourth-order valence-corrected chi connectivity index (χ4v) is 2.31. The van der Waals surface area contributed by atoms with Crippen molar-refractivity contribution in [3.8, 4) is 0 Å². The van der Waals surface area contributed by atoms with Crippen LogP contribution in [0.15, 0.2) is 42.7 Å². The molecule has 0 spiro atoms. The maximum Gasteiger partial charge on any atom is 0.155 e. The van der Waals surface area contributed by atoms with Crippen LogP contribution in [-0.2, 0) is 13.1 Å². The lowest BCUT2D eigenvalue weighted by atomic mass is 10.2. The van der Waals surface area contributed by atoms with Crippen LogP contribution in [0.1, 0.15) is 16.8 Å². The molecule has 0 aliphatic heterocycles. The standard InChI is InChI=1S/C15H15ClN4/c1-11-6-15-18-8-12(10-20(15)19-11)7-17-9-13-4-2-3-5-14(13)16/h2-6,8,10,17H,7,9H2,1H3. The van der Waals surface area contributed by atoms with Gasteiger partial charge in [-0.15, -0.1) is 0 Å². The SMILES string of the molecule is Cc1cc2ncc(CNCc3ccccc3Cl)cn2n1. The zero-order valence-electron chi connectivity index (χ0n) is 11.2. The molecule has 3 rings (SSSR count). The van der Waals surface area contributed by atoms with E-state index in [1.807, 2.05) is 54.2 Å². The Balaban J connectivity index is 1.66. The van der Waals surface area contributed by atoms with E-state index in [1.165, 1.54) is 0 Å². The number of nitrogens with zero attached hydrogens (tertiary/aromatic N) is 3. The summed E-state index contributed by atoms with van der Waals surface area (Å²) in [6.45, 7) is 3.42. The first-order valence-corrected chi connectivity index (χ1v) is 6.85. The third-order valence-corrected chi connectivity index (χ3v) is 3.46. The van der Waals surface area contributed by atoms with Crippen molar-refractivity contribution in [2.24, 2.45) is 0 Å². The second kappa shape index (κ2) is 5.61. The number of aryl methyl sites for hydroxylation is 1. The summed E-state index contributed by atoms with van der Waals surface area (Å²) in [4.78, 5) is 4.38. The number of rotatable bonds is 4. The number of fused-ring (bicyclic) bond motifs is 1. The van der Waals surface area contributed by atoms with Gasteiger partial charge in [0, 0.05) is 42.1 Å². The van der Waals surface area contributed by atoms with Gasteiger partial charge >= 0.3 is 0 Å². The highest BCUT2D eigenvalue weighted by molar-refractivity contribution is 6.31. The van der Waals surface area contributed by atoms with Gasteiger partial charge in [0.15, 0.2) is 5.65 Å². The van der Waals surface area contributed by atoms with Crippen LogP contribution in [0.5, 0.6) is 0 Å². The monoisotopic (exact) mass is 286 g/mol. The highest BCUT2D eigenvalue weighted by Gasteiger charge is 2.02. The Hall–Kier alpha value is -1.91. The van der Waals surface area contributed by atoms with Crippen LogP contribution in [0.4, 0.5) is 0 Å². The van der Waals surface area contributed by atoms with Gasteiger partial charge in [0.25, 0.3) is 0 Å². The fourth-order valence-electron chi connectivity index (χ4n) is 2.11. The number of hydrogen-bond donors (Lipinski definition) is 1. The van der Waals surface area contributed by atoms with Crippen molar-refractivity contribution in [3.05, 3.63) is 64.6 Å². The molecule has 0 aliphatic carbocycles. The average Bonchev–Trinajstić information content (AvgIpc) is 2.80. The largest absolute Gasteiger partial charge is 0.308 e. The minimum atomic E-state index is 0.729. The van der Waals surface area contributed by atoms with Crippen molar-refractivity contribution in [1.29, 1.82) is 0 Å². The van der Waals surface area contributed by atoms with Gasteiger partial charge in [-0.25, -0.2) is 9.50 Å². The molecule has 0 amide bonds. The molecule has 0 atom stereocenters. The van der Waals surface area contributed by atoms with E-state index in [0.29, 0.717) is 0 Å². The quantitative estimate of drug-likeness (QED) is 0.802. The molecule has 5 heteroatoms. The summed E-state index contributed by atoms with van der Waals surface area (Å²) >= 11 is 6.12. The molecule has 2 aromatic heterocycles. The molecule has 102 valence electrons. The summed E-state index contributed by atoms with van der Waals surface area (Å²) in [6, 6.07) is 9.81. The number of hydrogen-bond acceptors (Lipinski definition) is 3. The maximum atomic E-state index is 6.12. The van der Waals surface area contributed by atoms with Crippen molar-refractivity contribution in [2.45, 2.75) is 20.0 Å². The van der Waals surface area contributed by atoms with Gasteiger partial charge in [0.05, 0.1) is 5.69 Å². The van der Waals surface area contributed by atoms with Crippen molar-refractivity contribution in [3.63, 3.8) is 0 Å². The third-order valence-electron chi connectivity index (χ3n) is 3.09. The van der Waals surface area contributed by atoms with E-state index in [4.69, 9.17) is 11.6 Å². The molecule has 0 unspecified atom stereocenters. The summed E-state index contributed by atoms with van der Waals surface area (Å²) in [6.07, 6.45) is 3.87. The van der Waals surface area contributed by atoms with Crippen molar-refractivity contribution < 1.29 is 0 Å². The predicted octanol–water partition coefficient (Wildman–Crippen LogP) is 2.98. The number of aromatic nitrogens is 3. The summed E-state index contributed by atoms with van der Waals surface area (Å²) in [5, 5.41) is 8.51. The van der Waals surface area contributed by atoms with Crippen LogP contribution >= 0.6 is 11.6 Å². The fraction of sp³-hybridized carbons (Fsp3) is 0.200. The van der Waals surface area contributed by atoms with E-state index in [1.54, 1.807) is 0 Å². The lowest BCUT2D eigenvalue weighted by Gasteiger charge is -2.06. The zero-order chi connectivity index (χ0) is 13.9. The van der Waals surface area contributed by atoms with Crippen LogP contribution in [0.3, 0.4) is 0 Å². The smallest absolute Gasteiger partial charge is 0.155 e. The van der Waals surface area contributed by atoms with Gasteiger partial charge in [-0.05, 0) is 18.6 Å². The van der Waals surface area contributed by atoms with E-state index in [2.05, 4.69) is 15.4 Å². The molecule has 0 bridgehead atoms. The lowest BCUT2D eigenvalue weighted by molar-refractivity contribution is 0.685.